The molecule has 176 valence electrons. The molecule has 4 amide bonds. The molecule has 2 aromatic rings. The van der Waals surface area contributed by atoms with Gasteiger partial charge < -0.3 is 0 Å². The zero-order valence-electron chi connectivity index (χ0n) is 16.2. The lowest BCUT2D eigenvalue weighted by Gasteiger charge is -2.39. The second kappa shape index (κ2) is 8.86. The molecule has 0 unspecified atom stereocenters. The highest BCUT2D eigenvalue weighted by Crippen LogP contribution is 2.36. The number of carbonyl (C=O) groups is 3. The third-order valence-corrected chi connectivity index (χ3v) is 4.95. The maximum atomic E-state index is 14.8. The zero-order chi connectivity index (χ0) is 24.7. The van der Waals surface area contributed by atoms with Crippen LogP contribution in [-0.4, -0.2) is 39.7 Å². The molecule has 0 N–H and O–H groups in total. The number of imide groups is 2. The van der Waals surface area contributed by atoms with Crippen molar-refractivity contribution in [2.24, 2.45) is 0 Å². The van der Waals surface area contributed by atoms with Crippen LogP contribution in [0.3, 0.4) is 0 Å². The summed E-state index contributed by atoms with van der Waals surface area (Å²) in [5.74, 6) is -5.42. The summed E-state index contributed by atoms with van der Waals surface area (Å²) < 4.78 is 86.3. The molecule has 0 aromatic heterocycles. The van der Waals surface area contributed by atoms with Crippen LogP contribution >= 0.6 is 23.2 Å². The largest absolute Gasteiger partial charge is 0.342 e. The van der Waals surface area contributed by atoms with Crippen LogP contribution in [0.15, 0.2) is 36.4 Å². The number of benzene rings is 2. The van der Waals surface area contributed by atoms with Crippen molar-refractivity contribution in [3.8, 4) is 0 Å². The van der Waals surface area contributed by atoms with Gasteiger partial charge in [-0.1, -0.05) is 23.2 Å². The third kappa shape index (κ3) is 5.41. The van der Waals surface area contributed by atoms with Crippen molar-refractivity contribution in [2.45, 2.75) is 31.4 Å². The maximum absolute atomic E-state index is 14.8. The summed E-state index contributed by atoms with van der Waals surface area (Å²) in [4.78, 5) is 35.1. The molecule has 0 radical (unpaired) electrons. The predicted molar refractivity (Wildman–Crippen MR) is 104 cm³/mol. The van der Waals surface area contributed by atoms with E-state index in [0.717, 1.165) is 24.3 Å². The molecule has 1 aliphatic heterocycles. The molecule has 33 heavy (non-hydrogen) atoms. The van der Waals surface area contributed by atoms with Gasteiger partial charge in [0.05, 0.1) is 12.8 Å². The minimum Gasteiger partial charge on any atom is -0.274 e. The molecule has 1 aliphatic rings. The first-order valence-corrected chi connectivity index (χ1v) is 9.81. The van der Waals surface area contributed by atoms with Gasteiger partial charge >= 0.3 is 18.1 Å². The van der Waals surface area contributed by atoms with Crippen molar-refractivity contribution in [3.63, 3.8) is 0 Å². The fourth-order valence-electron chi connectivity index (χ4n) is 3.32. The minimum absolute atomic E-state index is 0.255. The number of hydrogen-bond acceptors (Lipinski definition) is 3. The molecule has 1 heterocycles. The van der Waals surface area contributed by atoms with Gasteiger partial charge in [0, 0.05) is 10.0 Å². The van der Waals surface area contributed by atoms with Crippen molar-refractivity contribution in [1.29, 1.82) is 0 Å². The van der Waals surface area contributed by atoms with Crippen LogP contribution in [0.1, 0.15) is 17.5 Å². The number of rotatable bonds is 6. The van der Waals surface area contributed by atoms with Crippen molar-refractivity contribution in [2.75, 3.05) is 0 Å². The number of alkyl halides is 4. The smallest absolute Gasteiger partial charge is 0.274 e. The Morgan fingerprint density at radius 1 is 0.697 bits per heavy atom. The van der Waals surface area contributed by atoms with Crippen LogP contribution in [-0.2, 0) is 22.4 Å². The fraction of sp³-hybridized carbons (Fsp3) is 0.250. The van der Waals surface area contributed by atoms with Crippen LogP contribution in [0.25, 0.3) is 0 Å². The van der Waals surface area contributed by atoms with Crippen molar-refractivity contribution in [3.05, 3.63) is 69.2 Å². The molecular formula is C20H12Cl2F6N2O3. The number of hydrogen-bond donors (Lipinski definition) is 0. The first kappa shape index (κ1) is 24.8. The predicted octanol–water partition coefficient (Wildman–Crippen LogP) is 5.42. The Morgan fingerprint density at radius 3 is 1.39 bits per heavy atom. The molecule has 5 nitrogen and oxygen atoms in total. The summed E-state index contributed by atoms with van der Waals surface area (Å²) in [5, 5.41) is -0.511. The highest BCUT2D eigenvalue weighted by atomic mass is 35.5. The Kier molecular flexibility index (Phi) is 6.67. The normalized spacial score (nSPS) is 15.5. The van der Waals surface area contributed by atoms with Gasteiger partial charge in [-0.25, -0.2) is 23.4 Å². The van der Waals surface area contributed by atoms with Crippen LogP contribution in [0.5, 0.6) is 0 Å². The van der Waals surface area contributed by atoms with Crippen LogP contribution < -0.4 is 0 Å². The van der Waals surface area contributed by atoms with Crippen molar-refractivity contribution in [1.82, 2.24) is 9.80 Å². The molecule has 1 fully saturated rings. The molecule has 2 aromatic carbocycles. The monoisotopic (exact) mass is 512 g/mol. The molecule has 1 saturated heterocycles. The number of halogens is 8. The number of carbonyl (C=O) groups excluding carboxylic acids is 3. The van der Waals surface area contributed by atoms with E-state index < -0.39 is 81.8 Å². The highest BCUT2D eigenvalue weighted by molar-refractivity contribution is 6.30. The first-order chi connectivity index (χ1) is 15.2. The van der Waals surface area contributed by atoms with E-state index in [1.807, 2.05) is 0 Å². The first-order valence-electron chi connectivity index (χ1n) is 9.05. The summed E-state index contributed by atoms with van der Waals surface area (Å²) in [6.45, 7) is 0. The van der Waals surface area contributed by atoms with Gasteiger partial charge in [-0.3, -0.25) is 9.59 Å². The third-order valence-electron chi connectivity index (χ3n) is 4.52. The summed E-state index contributed by atoms with van der Waals surface area (Å²) in [6.07, 6.45) is -4.35. The van der Waals surface area contributed by atoms with Crippen LogP contribution in [0.4, 0.5) is 31.1 Å². The van der Waals surface area contributed by atoms with Crippen LogP contribution in [0, 0.1) is 11.6 Å². The summed E-state index contributed by atoms with van der Waals surface area (Å²) in [5.41, 5.74) is -0.870. The molecule has 0 saturated carbocycles. The van der Waals surface area contributed by atoms with E-state index in [9.17, 15) is 40.7 Å². The molecule has 0 atom stereocenters. The van der Waals surface area contributed by atoms with E-state index in [-0.39, 0.29) is 10.0 Å². The lowest BCUT2D eigenvalue weighted by Crippen LogP contribution is -2.65. The van der Waals surface area contributed by atoms with Gasteiger partial charge in [-0.2, -0.15) is 17.6 Å². The Labute approximate surface area is 192 Å². The van der Waals surface area contributed by atoms with Crippen molar-refractivity contribution >= 4 is 41.0 Å². The fourth-order valence-corrected chi connectivity index (χ4v) is 3.81. The number of barbiturate groups is 1. The molecule has 0 spiro atoms. The van der Waals surface area contributed by atoms with Gasteiger partial charge in [0.15, 0.2) is 0 Å². The standard InChI is InChI=1S/C20H12Cl2F6N2O3/c21-12-1-10(3-14(23)5-12)8-19(25,26)29-16(31)7-17(32)30(18(29)33)20(27,28)9-11-2-13(22)6-15(24)4-11/h1-6H,7-9H2. The quantitative estimate of drug-likeness (QED) is 0.295. The lowest BCUT2D eigenvalue weighted by molar-refractivity contribution is -0.189. The van der Waals surface area contributed by atoms with E-state index in [4.69, 9.17) is 23.2 Å². The van der Waals surface area contributed by atoms with Crippen molar-refractivity contribution < 1.29 is 40.7 Å². The van der Waals surface area contributed by atoms with Gasteiger partial charge in [-0.05, 0) is 47.5 Å². The number of amides is 4. The second-order valence-electron chi connectivity index (χ2n) is 7.16. The van der Waals surface area contributed by atoms with Gasteiger partial charge in [-0.15, -0.1) is 0 Å². The molecule has 0 aliphatic carbocycles. The van der Waals surface area contributed by atoms with E-state index in [0.29, 0.717) is 12.1 Å². The minimum atomic E-state index is -4.41. The Bertz CT molecular complexity index is 1020. The second-order valence-corrected chi connectivity index (χ2v) is 8.03. The topological polar surface area (TPSA) is 57.7 Å². The average Bonchev–Trinajstić information content (AvgIpc) is 2.57. The molecule has 0 bridgehead atoms. The van der Waals surface area contributed by atoms with E-state index in [2.05, 4.69) is 0 Å². The van der Waals surface area contributed by atoms with Gasteiger partial charge in [0.2, 0.25) is 11.8 Å². The molecule has 3 rings (SSSR count). The van der Waals surface area contributed by atoms with Gasteiger partial charge in [0.25, 0.3) is 0 Å². The maximum Gasteiger partial charge on any atom is 0.342 e. The highest BCUT2D eigenvalue weighted by Gasteiger charge is 2.57. The lowest BCUT2D eigenvalue weighted by atomic mass is 10.1. The van der Waals surface area contributed by atoms with Gasteiger partial charge in [0.1, 0.15) is 18.1 Å². The Hall–Kier alpha value is -2.79. The van der Waals surface area contributed by atoms with E-state index in [1.165, 1.54) is 0 Å². The van der Waals surface area contributed by atoms with E-state index >= 15 is 0 Å². The molecule has 13 heteroatoms. The molecular weight excluding hydrogens is 501 g/mol. The average molecular weight is 513 g/mol. The Morgan fingerprint density at radius 2 is 1.06 bits per heavy atom. The Balaban J connectivity index is 1.92. The summed E-state index contributed by atoms with van der Waals surface area (Å²) >= 11 is 11.2. The number of nitrogens with zero attached hydrogens (tertiary/aromatic N) is 2. The van der Waals surface area contributed by atoms with Crippen LogP contribution in [0.2, 0.25) is 10.0 Å². The summed E-state index contributed by atoms with van der Waals surface area (Å²) in [7, 11) is 0. The van der Waals surface area contributed by atoms with E-state index in [1.54, 1.807) is 0 Å². The zero-order valence-corrected chi connectivity index (χ0v) is 17.7. The SMILES string of the molecule is O=C1CC(=O)N(C(F)(F)Cc2cc(F)cc(Cl)c2)C(=O)N1C(F)(F)Cc1cc(F)cc(Cl)c1. The number of urea groups is 1. The summed E-state index contributed by atoms with van der Waals surface area (Å²) in [6, 6.07) is -6.29.